The van der Waals surface area contributed by atoms with E-state index in [0.717, 1.165) is 0 Å². The van der Waals surface area contributed by atoms with Gasteiger partial charge in [-0.2, -0.15) is 0 Å². The number of carbonyl (C=O) groups is 1. The molecule has 0 fully saturated rings. The van der Waals surface area contributed by atoms with E-state index in [0.29, 0.717) is 24.0 Å². The van der Waals surface area contributed by atoms with Crippen LogP contribution in [0.2, 0.25) is 0 Å². The molecule has 0 unspecified atom stereocenters. The maximum Gasteiger partial charge on any atom is 0.276 e. The standard InChI is InChI=1S/C11H16N4O2/c1-5(2)4-7-10(16)15-8-9(14-7)12-6(3)13-11(8)17/h5,7H,4H2,1-3H3,(H,15,16)(H2,12,13,14,17)/t7-/m1/s1. The first-order chi connectivity index (χ1) is 7.97. The molecule has 0 radical (unpaired) electrons. The summed E-state index contributed by atoms with van der Waals surface area (Å²) < 4.78 is 0. The van der Waals surface area contributed by atoms with Gasteiger partial charge in [-0.15, -0.1) is 0 Å². The largest absolute Gasteiger partial charge is 0.356 e. The van der Waals surface area contributed by atoms with E-state index in [4.69, 9.17) is 0 Å². The van der Waals surface area contributed by atoms with Crippen molar-refractivity contribution in [2.75, 3.05) is 10.6 Å². The Morgan fingerprint density at radius 1 is 1.35 bits per heavy atom. The summed E-state index contributed by atoms with van der Waals surface area (Å²) in [5.41, 5.74) is -0.114. The summed E-state index contributed by atoms with van der Waals surface area (Å²) in [4.78, 5) is 30.1. The number of fused-ring (bicyclic) bond motifs is 1. The van der Waals surface area contributed by atoms with Crippen LogP contribution in [0.5, 0.6) is 0 Å². The highest BCUT2D eigenvalue weighted by Crippen LogP contribution is 2.22. The van der Waals surface area contributed by atoms with Gasteiger partial charge in [0.25, 0.3) is 5.56 Å². The Morgan fingerprint density at radius 2 is 2.06 bits per heavy atom. The van der Waals surface area contributed by atoms with Gasteiger partial charge < -0.3 is 15.6 Å². The predicted molar refractivity (Wildman–Crippen MR) is 65.1 cm³/mol. The van der Waals surface area contributed by atoms with E-state index < -0.39 is 0 Å². The number of anilines is 2. The summed E-state index contributed by atoms with van der Waals surface area (Å²) in [5.74, 6) is 1.20. The Hall–Kier alpha value is -1.85. The highest BCUT2D eigenvalue weighted by atomic mass is 16.2. The van der Waals surface area contributed by atoms with E-state index >= 15 is 0 Å². The number of nitrogens with zero attached hydrogens (tertiary/aromatic N) is 1. The Balaban J connectivity index is 2.34. The fourth-order valence-electron chi connectivity index (χ4n) is 1.88. The van der Waals surface area contributed by atoms with Gasteiger partial charge >= 0.3 is 0 Å². The monoisotopic (exact) mass is 236 g/mol. The van der Waals surface area contributed by atoms with Gasteiger partial charge in [0.05, 0.1) is 0 Å². The molecule has 2 rings (SSSR count). The van der Waals surface area contributed by atoms with E-state index in [2.05, 4.69) is 20.6 Å². The molecule has 2 heterocycles. The third-order valence-electron chi connectivity index (χ3n) is 2.62. The Kier molecular flexibility index (Phi) is 2.87. The van der Waals surface area contributed by atoms with Gasteiger partial charge in [-0.05, 0) is 19.3 Å². The minimum absolute atomic E-state index is 0.178. The lowest BCUT2D eigenvalue weighted by Gasteiger charge is -2.26. The van der Waals surface area contributed by atoms with Crippen molar-refractivity contribution >= 4 is 17.4 Å². The second-order valence-electron chi connectivity index (χ2n) is 4.69. The Bertz CT molecular complexity index is 507. The van der Waals surface area contributed by atoms with Crippen LogP contribution >= 0.6 is 0 Å². The number of aromatic amines is 1. The smallest absolute Gasteiger partial charge is 0.276 e. The van der Waals surface area contributed by atoms with Crippen LogP contribution in [-0.2, 0) is 4.79 Å². The highest BCUT2D eigenvalue weighted by molar-refractivity contribution is 6.01. The fraction of sp³-hybridized carbons (Fsp3) is 0.545. The third kappa shape index (κ3) is 2.30. The molecule has 1 aromatic heterocycles. The van der Waals surface area contributed by atoms with Crippen LogP contribution in [0.15, 0.2) is 4.79 Å². The first-order valence-corrected chi connectivity index (χ1v) is 5.65. The number of rotatable bonds is 2. The van der Waals surface area contributed by atoms with E-state index in [1.165, 1.54) is 0 Å². The van der Waals surface area contributed by atoms with Gasteiger partial charge in [0.15, 0.2) is 5.82 Å². The van der Waals surface area contributed by atoms with Crippen molar-refractivity contribution in [3.05, 3.63) is 16.2 Å². The van der Waals surface area contributed by atoms with Gasteiger partial charge in [0.1, 0.15) is 17.6 Å². The zero-order valence-corrected chi connectivity index (χ0v) is 10.1. The predicted octanol–water partition coefficient (Wildman–Crippen LogP) is 0.857. The van der Waals surface area contributed by atoms with Crippen LogP contribution in [0.4, 0.5) is 11.5 Å². The van der Waals surface area contributed by atoms with Gasteiger partial charge in [0.2, 0.25) is 5.91 Å². The number of H-pyrrole nitrogens is 1. The van der Waals surface area contributed by atoms with Crippen LogP contribution in [0, 0.1) is 12.8 Å². The second-order valence-corrected chi connectivity index (χ2v) is 4.69. The number of hydrogen-bond donors (Lipinski definition) is 3. The van der Waals surface area contributed by atoms with Crippen LogP contribution in [-0.4, -0.2) is 21.9 Å². The average molecular weight is 236 g/mol. The summed E-state index contributed by atoms with van der Waals surface area (Å²) in [6.45, 7) is 5.79. The Labute approximate surface area is 98.8 Å². The van der Waals surface area contributed by atoms with Crippen molar-refractivity contribution in [2.45, 2.75) is 33.2 Å². The summed E-state index contributed by atoms with van der Waals surface area (Å²) in [6.07, 6.45) is 0.707. The number of aromatic nitrogens is 2. The van der Waals surface area contributed by atoms with E-state index in [1.807, 2.05) is 13.8 Å². The van der Waals surface area contributed by atoms with Crippen molar-refractivity contribution in [2.24, 2.45) is 5.92 Å². The minimum atomic E-state index is -0.323. The SMILES string of the molecule is Cc1nc2c(c(=O)[nH]1)NC(=O)[C@@H](CC(C)C)N2. The molecule has 1 atom stereocenters. The number of aryl methyl sites for hydroxylation is 1. The topological polar surface area (TPSA) is 86.9 Å². The van der Waals surface area contributed by atoms with Crippen molar-refractivity contribution in [3.63, 3.8) is 0 Å². The molecule has 0 saturated heterocycles. The number of carbonyl (C=O) groups excluding carboxylic acids is 1. The molecular formula is C11H16N4O2. The molecule has 0 aromatic carbocycles. The molecule has 6 nitrogen and oxygen atoms in total. The molecule has 92 valence electrons. The maximum atomic E-state index is 11.8. The van der Waals surface area contributed by atoms with Crippen LogP contribution in [0.1, 0.15) is 26.1 Å². The van der Waals surface area contributed by atoms with Crippen LogP contribution < -0.4 is 16.2 Å². The fourth-order valence-corrected chi connectivity index (χ4v) is 1.88. The average Bonchev–Trinajstić information content (AvgIpc) is 2.20. The summed E-state index contributed by atoms with van der Waals surface area (Å²) in [6, 6.07) is -0.323. The molecule has 1 amide bonds. The van der Waals surface area contributed by atoms with Crippen LogP contribution in [0.3, 0.4) is 0 Å². The highest BCUT2D eigenvalue weighted by Gasteiger charge is 2.28. The van der Waals surface area contributed by atoms with Gasteiger partial charge in [0, 0.05) is 0 Å². The van der Waals surface area contributed by atoms with E-state index in [1.54, 1.807) is 6.92 Å². The molecule has 0 saturated carbocycles. The minimum Gasteiger partial charge on any atom is -0.356 e. The zero-order chi connectivity index (χ0) is 12.6. The molecular weight excluding hydrogens is 220 g/mol. The van der Waals surface area contributed by atoms with Gasteiger partial charge in [-0.3, -0.25) is 9.59 Å². The lowest BCUT2D eigenvalue weighted by molar-refractivity contribution is -0.117. The lowest BCUT2D eigenvalue weighted by atomic mass is 10.0. The first kappa shape index (κ1) is 11.6. The summed E-state index contributed by atoms with van der Waals surface area (Å²) in [5, 5.41) is 5.62. The molecule has 1 aliphatic rings. The van der Waals surface area contributed by atoms with Crippen molar-refractivity contribution in [1.29, 1.82) is 0 Å². The summed E-state index contributed by atoms with van der Waals surface area (Å²) in [7, 11) is 0. The summed E-state index contributed by atoms with van der Waals surface area (Å²) >= 11 is 0. The Morgan fingerprint density at radius 3 is 2.71 bits per heavy atom. The molecule has 0 bridgehead atoms. The number of amides is 1. The molecule has 0 aliphatic carbocycles. The van der Waals surface area contributed by atoms with Gasteiger partial charge in [-0.25, -0.2) is 4.98 Å². The van der Waals surface area contributed by atoms with E-state index in [-0.39, 0.29) is 23.2 Å². The molecule has 0 spiro atoms. The first-order valence-electron chi connectivity index (χ1n) is 5.65. The quantitative estimate of drug-likeness (QED) is 0.710. The third-order valence-corrected chi connectivity index (χ3v) is 2.62. The molecule has 17 heavy (non-hydrogen) atoms. The van der Waals surface area contributed by atoms with Crippen molar-refractivity contribution in [1.82, 2.24) is 9.97 Å². The maximum absolute atomic E-state index is 11.8. The number of nitrogens with one attached hydrogen (secondary N) is 3. The van der Waals surface area contributed by atoms with Crippen molar-refractivity contribution < 1.29 is 4.79 Å². The molecule has 1 aliphatic heterocycles. The zero-order valence-electron chi connectivity index (χ0n) is 10.1. The van der Waals surface area contributed by atoms with Gasteiger partial charge in [-0.1, -0.05) is 13.8 Å². The van der Waals surface area contributed by atoms with Crippen molar-refractivity contribution in [3.8, 4) is 0 Å². The molecule has 1 aromatic rings. The molecule has 6 heteroatoms. The normalized spacial score (nSPS) is 18.6. The lowest BCUT2D eigenvalue weighted by Crippen LogP contribution is -2.42. The number of hydrogen-bond acceptors (Lipinski definition) is 4. The second kappa shape index (κ2) is 4.20. The van der Waals surface area contributed by atoms with E-state index in [9.17, 15) is 9.59 Å². The van der Waals surface area contributed by atoms with Crippen LogP contribution in [0.25, 0.3) is 0 Å². The molecule has 3 N–H and O–H groups in total.